The quantitative estimate of drug-likeness (QED) is 0.149. The third kappa shape index (κ3) is 9.50. The van der Waals surface area contributed by atoms with Gasteiger partial charge < -0.3 is 0 Å². The van der Waals surface area contributed by atoms with Crippen LogP contribution in [0.2, 0.25) is 0 Å². The Hall–Kier alpha value is -8.31. The van der Waals surface area contributed by atoms with Gasteiger partial charge in [0.25, 0.3) is 0 Å². The number of benzene rings is 9. The number of ether oxygens (including phenoxy) is 1. The molecule has 7 heteroatoms. The minimum absolute atomic E-state index is 0.101. The van der Waals surface area contributed by atoms with Crippen LogP contribution in [0.5, 0.6) is 11.5 Å². The minimum atomic E-state index is -0.447. The van der Waals surface area contributed by atoms with Crippen molar-refractivity contribution >= 4 is 60.2 Å². The van der Waals surface area contributed by atoms with Gasteiger partial charge in [-0.15, -0.1) is 0 Å². The van der Waals surface area contributed by atoms with Gasteiger partial charge in [-0.1, -0.05) is 32.9 Å². The van der Waals surface area contributed by atoms with Crippen LogP contribution in [-0.2, 0) is 41.0 Å². The first-order chi connectivity index (χ1) is 41.7. The number of nitrogens with zero attached hydrogens (tertiary/aromatic N) is 5. The van der Waals surface area contributed by atoms with Crippen molar-refractivity contribution in [2.75, 3.05) is 0 Å². The average molecular weight is 1270 g/mol. The second kappa shape index (κ2) is 20.0. The Kier molecular flexibility index (Phi) is 11.6. The summed E-state index contributed by atoms with van der Waals surface area (Å²) in [5.74, 6) is 1.75. The SMILES string of the molecule is [2H]c1c([2H])c([2H])c(-c2cc(C(C)(C)C)cc(-c3cc(C(C)(C)C)cc(C(C)(C)C)c3)c2-n2[c](=[Pt])n3c4[c-]c(Oc5[c-]c6c(cc5)c5ccccc5n6-c5cc(C(C)(C)C)ccn5)ccc4n(-c4ccccc4)c4ccccc4c4cccc2c43)c([2H])c1[2H]. The Labute approximate surface area is 505 Å². The fraction of sp³-hybridized carbons (Fsp3) is 0.211. The van der Waals surface area contributed by atoms with E-state index in [0.717, 1.165) is 97.8 Å². The van der Waals surface area contributed by atoms with Gasteiger partial charge in [0.1, 0.15) is 0 Å². The first-order valence-corrected chi connectivity index (χ1v) is 29.6. The van der Waals surface area contributed by atoms with Crippen LogP contribution >= 0.6 is 0 Å². The Bertz CT molecular complexity index is 5080. The molecule has 9 aromatic carbocycles. The predicted molar refractivity (Wildman–Crippen MR) is 343 cm³/mol. The van der Waals surface area contributed by atoms with Crippen molar-refractivity contribution in [1.29, 1.82) is 0 Å². The van der Waals surface area contributed by atoms with E-state index in [-0.39, 0.29) is 33.9 Å². The summed E-state index contributed by atoms with van der Waals surface area (Å²) in [5, 5.41) is 4.05. The molecular weight excluding hydrogens is 1190 g/mol. The fourth-order valence-electron chi connectivity index (χ4n) is 11.6. The van der Waals surface area contributed by atoms with E-state index in [4.69, 9.17) is 11.1 Å². The molecule has 6 nitrogen and oxygen atoms in total. The van der Waals surface area contributed by atoms with E-state index in [9.17, 15) is 5.48 Å². The molecule has 83 heavy (non-hydrogen) atoms. The van der Waals surface area contributed by atoms with Crippen molar-refractivity contribution in [2.45, 2.75) is 105 Å². The molecule has 0 amide bonds. The predicted octanol–water partition coefficient (Wildman–Crippen LogP) is 20.0. The molecule has 13 aromatic rings. The van der Waals surface area contributed by atoms with E-state index in [0.29, 0.717) is 28.3 Å². The van der Waals surface area contributed by atoms with Crippen molar-refractivity contribution in [2.24, 2.45) is 0 Å². The van der Waals surface area contributed by atoms with E-state index in [2.05, 4.69) is 278 Å². The van der Waals surface area contributed by atoms with Crippen LogP contribution in [0.4, 0.5) is 0 Å². The number of hydrogen-bond donors (Lipinski definition) is 0. The molecule has 0 N–H and O–H groups in total. The van der Waals surface area contributed by atoms with E-state index in [1.165, 1.54) is 5.56 Å². The van der Waals surface area contributed by atoms with Crippen molar-refractivity contribution in [3.63, 3.8) is 0 Å². The van der Waals surface area contributed by atoms with Gasteiger partial charge in [0, 0.05) is 6.20 Å². The molecular formula is C76H69N5OPt-2. The molecule has 0 fully saturated rings. The number of fused-ring (bicyclic) bond motifs is 7. The van der Waals surface area contributed by atoms with Crippen LogP contribution in [0.1, 0.15) is 112 Å². The number of rotatable bonds is 7. The van der Waals surface area contributed by atoms with E-state index in [1.54, 1.807) is 0 Å². The number of para-hydroxylation sites is 4. The van der Waals surface area contributed by atoms with Gasteiger partial charge in [-0.3, -0.25) is 0 Å². The van der Waals surface area contributed by atoms with E-state index >= 15 is 0 Å². The van der Waals surface area contributed by atoms with Crippen molar-refractivity contribution in [3.8, 4) is 50.9 Å². The van der Waals surface area contributed by atoms with Gasteiger partial charge >= 0.3 is 452 Å². The summed E-state index contributed by atoms with van der Waals surface area (Å²) in [7, 11) is 0. The second-order valence-corrected chi connectivity index (χ2v) is 27.0. The van der Waals surface area contributed by atoms with Gasteiger partial charge in [0.15, 0.2) is 0 Å². The molecule has 0 aliphatic rings. The van der Waals surface area contributed by atoms with E-state index in [1.807, 2.05) is 24.4 Å². The molecule has 0 aliphatic carbocycles. The molecule has 0 radical (unpaired) electrons. The molecule has 0 aliphatic heterocycles. The monoisotopic (exact) mass is 1270 g/mol. The number of aromatic nitrogens is 5. The summed E-state index contributed by atoms with van der Waals surface area (Å²) in [6.45, 7) is 26.5. The summed E-state index contributed by atoms with van der Waals surface area (Å²) in [6.07, 6.45) is 1.88. The van der Waals surface area contributed by atoms with E-state index < -0.39 is 23.5 Å². The average Bonchev–Trinajstić information content (AvgIpc) is 1.48. The Morgan fingerprint density at radius 2 is 0.988 bits per heavy atom. The van der Waals surface area contributed by atoms with Gasteiger partial charge in [0.05, 0.1) is 0 Å². The standard InChI is InChI=1S/C76H69N5O.Pt/c1-73(2,3)51-38-39-77-70(45-51)81-65-32-22-19-28-58(65)60-36-34-56(46-68(60)81)82-57-35-37-66-69(47-57)79-48-78(67-33-23-30-61(72(67)79)59-29-20-21-31-64(59)80(66)55-26-17-14-18-27-55)71-62(49-24-15-13-16-25-49)43-54(76(10,11)12)44-63(71)50-40-52(74(4,5)6)42-53(41-50)75(7,8)9;/h13-45H,1-12H3;/q-2;/i13D,15D,16D,24D,25D;. The molecule has 416 valence electrons. The molecule has 4 heterocycles. The Morgan fingerprint density at radius 3 is 1.64 bits per heavy atom. The van der Waals surface area contributed by atoms with Gasteiger partial charge in [-0.05, 0) is 17.0 Å². The zero-order chi connectivity index (χ0) is 62.3. The molecule has 0 saturated heterocycles. The third-order valence-corrected chi connectivity index (χ3v) is 17.2. The maximum atomic E-state index is 9.76. The normalized spacial score (nSPS) is 13.5. The van der Waals surface area contributed by atoms with Gasteiger partial charge in [0.2, 0.25) is 0 Å². The summed E-state index contributed by atoms with van der Waals surface area (Å²) in [6, 6.07) is 63.1. The van der Waals surface area contributed by atoms with Gasteiger partial charge in [-0.25, -0.2) is 0 Å². The summed E-state index contributed by atoms with van der Waals surface area (Å²) in [4.78, 5) is 4.94. The Morgan fingerprint density at radius 1 is 0.446 bits per heavy atom. The van der Waals surface area contributed by atoms with Crippen molar-refractivity contribution < 1.29 is 30.9 Å². The van der Waals surface area contributed by atoms with Crippen LogP contribution in [0.25, 0.3) is 99.6 Å². The van der Waals surface area contributed by atoms with Crippen LogP contribution in [0.15, 0.2) is 200 Å². The summed E-state index contributed by atoms with van der Waals surface area (Å²) in [5.41, 5.74) is 13.5. The van der Waals surface area contributed by atoms with Crippen molar-refractivity contribution in [3.05, 3.63) is 238 Å². The zero-order valence-electron chi connectivity index (χ0n) is 54.1. The third-order valence-electron chi connectivity index (χ3n) is 16.2. The summed E-state index contributed by atoms with van der Waals surface area (Å²) >= 11 is 2.44. The first kappa shape index (κ1) is 48.2. The topological polar surface area (TPSA) is 41.3 Å². The molecule has 0 atom stereocenters. The fourth-order valence-corrected chi connectivity index (χ4v) is 12.7. The first-order valence-electron chi connectivity index (χ1n) is 30.9. The molecule has 0 bridgehead atoms. The molecule has 0 saturated carbocycles. The van der Waals surface area contributed by atoms with Crippen LogP contribution in [-0.4, -0.2) is 23.1 Å². The zero-order valence-corrected chi connectivity index (χ0v) is 51.4. The molecule has 0 unspecified atom stereocenters. The number of pyridine rings is 1. The summed E-state index contributed by atoms with van der Waals surface area (Å²) < 4.78 is 63.5. The van der Waals surface area contributed by atoms with Crippen molar-refractivity contribution in [1.82, 2.24) is 23.1 Å². The molecule has 4 aromatic heterocycles. The number of imidazole rings is 1. The molecule has 0 spiro atoms. The van der Waals surface area contributed by atoms with Crippen LogP contribution in [0, 0.1) is 15.9 Å². The van der Waals surface area contributed by atoms with Crippen LogP contribution < -0.4 is 4.74 Å². The van der Waals surface area contributed by atoms with Crippen LogP contribution in [0.3, 0.4) is 0 Å². The maximum absolute atomic E-state index is 9.76. The Balaban J connectivity index is 1.18. The molecule has 13 rings (SSSR count). The number of hydrogen-bond acceptors (Lipinski definition) is 2. The van der Waals surface area contributed by atoms with Gasteiger partial charge in [-0.2, -0.15) is 0 Å². The second-order valence-electron chi connectivity index (χ2n) is 26.0.